The Bertz CT molecular complexity index is 1930. The largest absolute Gasteiger partial charge is 0.507 e. The van der Waals surface area contributed by atoms with Crippen LogP contribution in [-0.2, 0) is 17.6 Å². The van der Waals surface area contributed by atoms with Crippen molar-refractivity contribution in [3.8, 4) is 28.7 Å². The Kier molecular flexibility index (Phi) is 7.97. The molecule has 5 aromatic rings. The molecular formula is C37H35N3O6. The van der Waals surface area contributed by atoms with Crippen molar-refractivity contribution in [1.29, 1.82) is 0 Å². The standard InChI is InChI=1S/C37H35N3O6/c1-44-33-21-29-23-14-16-40(35(42)13-10-25-22-39-31-9-3-2-8-28(25)31)36(29)24-6-4-7-26(18-24)45-17-5-15-38-37(43)30-20-27(11-12-32(30)41)46-34(33)19-23/h2-4,6-9,11-12,18-22,36,39,41H,5,10,13-17H2,1H3,(H,38,43). The monoisotopic (exact) mass is 617 g/mol. The van der Waals surface area contributed by atoms with Crippen molar-refractivity contribution >= 4 is 22.7 Å². The van der Waals surface area contributed by atoms with Gasteiger partial charge in [-0.05, 0) is 90.0 Å². The van der Waals surface area contributed by atoms with Crippen LogP contribution in [0.2, 0.25) is 0 Å². The number of carbonyl (C=O) groups excluding carboxylic acids is 2. The maximum atomic E-state index is 14.0. The smallest absolute Gasteiger partial charge is 0.255 e. The minimum Gasteiger partial charge on any atom is -0.507 e. The number of para-hydroxylation sites is 1. The van der Waals surface area contributed by atoms with Gasteiger partial charge in [0.2, 0.25) is 5.91 Å². The first-order valence-electron chi connectivity index (χ1n) is 15.6. The number of aromatic amines is 1. The molecule has 4 heterocycles. The van der Waals surface area contributed by atoms with Gasteiger partial charge in [0.15, 0.2) is 11.5 Å². The molecule has 2 amide bonds. The maximum absolute atomic E-state index is 14.0. The van der Waals surface area contributed by atoms with Crippen molar-refractivity contribution in [3.05, 3.63) is 113 Å². The number of hydrogen-bond acceptors (Lipinski definition) is 6. The summed E-state index contributed by atoms with van der Waals surface area (Å²) in [6.45, 7) is 1.28. The molecule has 1 unspecified atom stereocenters. The summed E-state index contributed by atoms with van der Waals surface area (Å²) in [6, 6.07) is 24.1. The number of carbonyl (C=O) groups is 2. The summed E-state index contributed by atoms with van der Waals surface area (Å²) < 4.78 is 18.2. The zero-order chi connectivity index (χ0) is 31.6. The second kappa shape index (κ2) is 12.5. The van der Waals surface area contributed by atoms with E-state index in [0.29, 0.717) is 68.4 Å². The Labute approximate surface area is 266 Å². The van der Waals surface area contributed by atoms with Gasteiger partial charge >= 0.3 is 0 Å². The van der Waals surface area contributed by atoms with Crippen molar-refractivity contribution < 1.29 is 28.9 Å². The second-order valence-corrected chi connectivity index (χ2v) is 11.6. The Morgan fingerprint density at radius 1 is 1.04 bits per heavy atom. The van der Waals surface area contributed by atoms with E-state index in [1.807, 2.05) is 65.7 Å². The second-order valence-electron chi connectivity index (χ2n) is 11.6. The van der Waals surface area contributed by atoms with E-state index in [9.17, 15) is 14.7 Å². The first kappa shape index (κ1) is 29.3. The lowest BCUT2D eigenvalue weighted by Crippen LogP contribution is -2.40. The molecule has 0 aliphatic carbocycles. The first-order valence-corrected chi connectivity index (χ1v) is 15.6. The van der Waals surface area contributed by atoms with Gasteiger partial charge in [-0.3, -0.25) is 9.59 Å². The van der Waals surface area contributed by atoms with E-state index < -0.39 is 5.91 Å². The van der Waals surface area contributed by atoms with Crippen molar-refractivity contribution in [1.82, 2.24) is 15.2 Å². The number of hydrogen-bond donors (Lipinski definition) is 3. The fourth-order valence-electron chi connectivity index (χ4n) is 6.44. The minimum atomic E-state index is -0.402. The summed E-state index contributed by atoms with van der Waals surface area (Å²) in [5, 5.41) is 14.4. The van der Waals surface area contributed by atoms with Crippen molar-refractivity contribution in [3.63, 3.8) is 0 Å². The van der Waals surface area contributed by atoms with Crippen LogP contribution in [-0.4, -0.2) is 53.6 Å². The molecule has 0 fully saturated rings. The number of amides is 2. The van der Waals surface area contributed by atoms with Crippen LogP contribution in [0.4, 0.5) is 0 Å². The maximum Gasteiger partial charge on any atom is 0.255 e. The van der Waals surface area contributed by atoms with E-state index in [1.165, 1.54) is 12.1 Å². The molecule has 8 bridgehead atoms. The zero-order valence-corrected chi connectivity index (χ0v) is 25.5. The van der Waals surface area contributed by atoms with Gasteiger partial charge < -0.3 is 34.5 Å². The number of rotatable bonds is 4. The molecule has 1 atom stereocenters. The Morgan fingerprint density at radius 3 is 2.83 bits per heavy atom. The van der Waals surface area contributed by atoms with Gasteiger partial charge in [0, 0.05) is 36.6 Å². The number of aromatic nitrogens is 1. The molecule has 8 rings (SSSR count). The van der Waals surface area contributed by atoms with E-state index in [0.717, 1.165) is 33.2 Å². The van der Waals surface area contributed by atoms with Gasteiger partial charge in [0.25, 0.3) is 5.91 Å². The third-order valence-corrected chi connectivity index (χ3v) is 8.75. The summed E-state index contributed by atoms with van der Waals surface area (Å²) in [5.74, 6) is 1.57. The van der Waals surface area contributed by atoms with Crippen LogP contribution in [0.15, 0.2) is 85.1 Å². The molecular weight excluding hydrogens is 582 g/mol. The van der Waals surface area contributed by atoms with Crippen molar-refractivity contribution in [2.75, 3.05) is 26.8 Å². The highest BCUT2D eigenvalue weighted by Gasteiger charge is 2.34. The highest BCUT2D eigenvalue weighted by molar-refractivity contribution is 5.97. The van der Waals surface area contributed by atoms with Crippen LogP contribution in [0.25, 0.3) is 10.9 Å². The molecule has 0 saturated heterocycles. The number of nitrogens with zero attached hydrogens (tertiary/aromatic N) is 1. The number of methoxy groups -OCH3 is 1. The van der Waals surface area contributed by atoms with Crippen molar-refractivity contribution in [2.24, 2.45) is 0 Å². The molecule has 234 valence electrons. The molecule has 3 aliphatic heterocycles. The highest BCUT2D eigenvalue weighted by atomic mass is 16.5. The van der Waals surface area contributed by atoms with Gasteiger partial charge in [-0.15, -0.1) is 0 Å². The third-order valence-electron chi connectivity index (χ3n) is 8.75. The lowest BCUT2D eigenvalue weighted by Gasteiger charge is -2.38. The Balaban J connectivity index is 1.27. The van der Waals surface area contributed by atoms with Crippen LogP contribution < -0.4 is 19.5 Å². The van der Waals surface area contributed by atoms with Gasteiger partial charge in [-0.25, -0.2) is 0 Å². The van der Waals surface area contributed by atoms with Gasteiger partial charge in [0.05, 0.1) is 25.3 Å². The topological polar surface area (TPSA) is 113 Å². The molecule has 3 aliphatic rings. The van der Waals surface area contributed by atoms with Crippen LogP contribution in [0.3, 0.4) is 0 Å². The van der Waals surface area contributed by atoms with Crippen LogP contribution in [0.5, 0.6) is 28.7 Å². The van der Waals surface area contributed by atoms with Gasteiger partial charge in [-0.1, -0.05) is 30.3 Å². The van der Waals surface area contributed by atoms with Gasteiger partial charge in [0.1, 0.15) is 17.2 Å². The molecule has 0 spiro atoms. The minimum absolute atomic E-state index is 0.0704. The number of phenols is 1. The van der Waals surface area contributed by atoms with E-state index in [4.69, 9.17) is 14.2 Å². The number of phenolic OH excluding ortho intramolecular Hbond substituents is 1. The molecule has 46 heavy (non-hydrogen) atoms. The van der Waals surface area contributed by atoms with Crippen LogP contribution in [0, 0.1) is 0 Å². The number of aryl methyl sites for hydroxylation is 1. The Morgan fingerprint density at radius 2 is 1.93 bits per heavy atom. The summed E-state index contributed by atoms with van der Waals surface area (Å²) in [7, 11) is 1.58. The van der Waals surface area contributed by atoms with Crippen LogP contribution in [0.1, 0.15) is 51.5 Å². The number of benzene rings is 4. The summed E-state index contributed by atoms with van der Waals surface area (Å²) in [6.07, 6.45) is 4.19. The van der Waals surface area contributed by atoms with E-state index in [1.54, 1.807) is 13.2 Å². The molecule has 0 radical (unpaired) electrons. The molecule has 4 aromatic carbocycles. The summed E-state index contributed by atoms with van der Waals surface area (Å²) >= 11 is 0. The summed E-state index contributed by atoms with van der Waals surface area (Å²) in [5.41, 5.74) is 5.23. The quantitative estimate of drug-likeness (QED) is 0.218. The molecule has 9 heteroatoms. The van der Waals surface area contributed by atoms with Gasteiger partial charge in [-0.2, -0.15) is 0 Å². The number of H-pyrrole nitrogens is 1. The fourth-order valence-corrected chi connectivity index (χ4v) is 6.44. The van der Waals surface area contributed by atoms with Crippen molar-refractivity contribution in [2.45, 2.75) is 31.7 Å². The molecule has 3 N–H and O–H groups in total. The lowest BCUT2D eigenvalue weighted by atomic mass is 9.87. The first-order chi connectivity index (χ1) is 22.5. The number of nitrogens with one attached hydrogen (secondary N) is 2. The SMILES string of the molecule is COc1cc2c3cc1Oc1ccc(O)c(c1)C(=O)NCCCOc1cccc(c1)C2N(C(=O)CCc1c[nH]c2ccccc12)CC3. The third kappa shape index (κ3) is 5.72. The van der Waals surface area contributed by atoms with E-state index in [2.05, 4.69) is 16.4 Å². The average Bonchev–Trinajstić information content (AvgIpc) is 3.49. The number of ether oxygens (including phenoxy) is 3. The molecule has 9 nitrogen and oxygen atoms in total. The van der Waals surface area contributed by atoms with E-state index in [-0.39, 0.29) is 23.3 Å². The van der Waals surface area contributed by atoms with Crippen LogP contribution >= 0.6 is 0 Å². The number of fused-ring (bicyclic) bond motifs is 7. The average molecular weight is 618 g/mol. The predicted molar refractivity (Wildman–Crippen MR) is 174 cm³/mol. The number of aromatic hydroxyl groups is 1. The summed E-state index contributed by atoms with van der Waals surface area (Å²) in [4.78, 5) is 32.2. The Hall–Kier alpha value is -5.44. The fraction of sp³-hybridized carbons (Fsp3) is 0.243. The predicted octanol–water partition coefficient (Wildman–Crippen LogP) is 6.29. The zero-order valence-electron chi connectivity index (χ0n) is 25.5. The molecule has 0 saturated carbocycles. The highest BCUT2D eigenvalue weighted by Crippen LogP contribution is 2.43. The lowest BCUT2D eigenvalue weighted by molar-refractivity contribution is -0.133. The molecule has 1 aromatic heterocycles. The van der Waals surface area contributed by atoms with E-state index >= 15 is 0 Å². The normalized spacial score (nSPS) is 16.2.